The first kappa shape index (κ1) is 13.8. The maximum atomic E-state index is 12.1. The molecule has 0 spiro atoms. The average molecular weight is 281 g/mol. The van der Waals surface area contributed by atoms with Gasteiger partial charge in [-0.15, -0.1) is 0 Å². The van der Waals surface area contributed by atoms with Gasteiger partial charge in [0.05, 0.1) is 0 Å². The summed E-state index contributed by atoms with van der Waals surface area (Å²) in [5, 5.41) is 2.94. The molecule has 0 radical (unpaired) electrons. The van der Waals surface area contributed by atoms with Gasteiger partial charge in [-0.25, -0.2) is 0 Å². The Morgan fingerprint density at radius 2 is 1.81 bits per heavy atom. The predicted octanol–water partition coefficient (Wildman–Crippen LogP) is 2.80. The highest BCUT2D eigenvalue weighted by molar-refractivity contribution is 5.89. The number of pyridine rings is 1. The maximum absolute atomic E-state index is 12.1. The Hall–Kier alpha value is -2.16. The summed E-state index contributed by atoms with van der Waals surface area (Å²) in [7, 11) is 0. The van der Waals surface area contributed by atoms with Crippen molar-refractivity contribution in [3.05, 3.63) is 59.4 Å². The van der Waals surface area contributed by atoms with Crippen molar-refractivity contribution in [3.8, 4) is 0 Å². The average Bonchev–Trinajstić information content (AvgIpc) is 2.49. The lowest BCUT2D eigenvalue weighted by molar-refractivity contribution is -0.684. The molecule has 0 unspecified atom stereocenters. The molecule has 1 aliphatic rings. The number of aryl methyl sites for hydroxylation is 3. The zero-order valence-electron chi connectivity index (χ0n) is 12.4. The van der Waals surface area contributed by atoms with Crippen molar-refractivity contribution in [2.45, 2.75) is 39.2 Å². The molecule has 0 aliphatic heterocycles. The van der Waals surface area contributed by atoms with Gasteiger partial charge in [0.25, 0.3) is 5.91 Å². The summed E-state index contributed by atoms with van der Waals surface area (Å²) in [6.07, 6.45) is 8.99. The normalized spacial score (nSPS) is 13.6. The van der Waals surface area contributed by atoms with Crippen LogP contribution >= 0.6 is 0 Å². The van der Waals surface area contributed by atoms with E-state index < -0.39 is 0 Å². The second-order valence-electron chi connectivity index (χ2n) is 5.79. The Bertz CT molecular complexity index is 647. The molecule has 3 nitrogen and oxygen atoms in total. The van der Waals surface area contributed by atoms with Gasteiger partial charge >= 0.3 is 0 Å². The number of amides is 1. The molecule has 3 heteroatoms. The van der Waals surface area contributed by atoms with Crippen molar-refractivity contribution in [1.29, 1.82) is 0 Å². The molecule has 1 aromatic carbocycles. The van der Waals surface area contributed by atoms with E-state index in [1.165, 1.54) is 36.0 Å². The first-order chi connectivity index (χ1) is 10.2. The highest BCUT2D eigenvalue weighted by atomic mass is 16.1. The van der Waals surface area contributed by atoms with E-state index in [9.17, 15) is 4.79 Å². The van der Waals surface area contributed by atoms with Gasteiger partial charge in [-0.2, -0.15) is 4.57 Å². The van der Waals surface area contributed by atoms with Crippen molar-refractivity contribution in [1.82, 2.24) is 0 Å². The number of nitrogens with one attached hydrogen (secondary N) is 1. The molecule has 0 atom stereocenters. The van der Waals surface area contributed by atoms with Gasteiger partial charge in [-0.3, -0.25) is 4.79 Å². The van der Waals surface area contributed by atoms with Gasteiger partial charge < -0.3 is 5.32 Å². The first-order valence-corrected chi connectivity index (χ1v) is 7.58. The van der Waals surface area contributed by atoms with Crippen molar-refractivity contribution in [2.75, 3.05) is 5.32 Å². The SMILES string of the molecule is Cc1ccc(NC(=O)C[n+]2ccc3c(c2)CCCC3)cc1. The fourth-order valence-corrected chi connectivity index (χ4v) is 2.82. The number of benzene rings is 1. The highest BCUT2D eigenvalue weighted by Gasteiger charge is 2.15. The molecule has 1 aromatic heterocycles. The molecule has 0 fully saturated rings. The van der Waals surface area contributed by atoms with E-state index in [0.29, 0.717) is 6.54 Å². The molecule has 0 saturated heterocycles. The fourth-order valence-electron chi connectivity index (χ4n) is 2.82. The number of hydrogen-bond acceptors (Lipinski definition) is 1. The van der Waals surface area contributed by atoms with E-state index >= 15 is 0 Å². The molecular weight excluding hydrogens is 260 g/mol. The van der Waals surface area contributed by atoms with Crippen LogP contribution in [0.3, 0.4) is 0 Å². The quantitative estimate of drug-likeness (QED) is 0.862. The van der Waals surface area contributed by atoms with E-state index in [0.717, 1.165) is 12.1 Å². The Labute approximate surface area is 125 Å². The van der Waals surface area contributed by atoms with Crippen LogP contribution < -0.4 is 9.88 Å². The van der Waals surface area contributed by atoms with E-state index in [-0.39, 0.29) is 5.91 Å². The van der Waals surface area contributed by atoms with Crippen molar-refractivity contribution < 1.29 is 9.36 Å². The smallest absolute Gasteiger partial charge is 0.290 e. The lowest BCUT2D eigenvalue weighted by Crippen LogP contribution is -2.40. The highest BCUT2D eigenvalue weighted by Crippen LogP contribution is 2.18. The van der Waals surface area contributed by atoms with Crippen LogP contribution in [0.5, 0.6) is 0 Å². The van der Waals surface area contributed by atoms with E-state index in [1.807, 2.05) is 42.0 Å². The molecule has 1 heterocycles. The van der Waals surface area contributed by atoms with Crippen molar-refractivity contribution in [2.24, 2.45) is 0 Å². The van der Waals surface area contributed by atoms with Gasteiger partial charge in [-0.1, -0.05) is 17.7 Å². The Balaban J connectivity index is 1.65. The molecule has 1 aliphatic carbocycles. The number of carbonyl (C=O) groups is 1. The third kappa shape index (κ3) is 3.48. The van der Waals surface area contributed by atoms with Crippen LogP contribution in [-0.2, 0) is 24.2 Å². The van der Waals surface area contributed by atoms with E-state index in [2.05, 4.69) is 17.6 Å². The van der Waals surface area contributed by atoms with Gasteiger partial charge in [0.1, 0.15) is 0 Å². The standard InChI is InChI=1S/C18H20N2O/c1-14-6-8-17(9-7-14)19-18(21)13-20-11-10-15-4-2-3-5-16(15)12-20/h6-12H,2-5,13H2,1H3/p+1. The second kappa shape index (κ2) is 6.08. The monoisotopic (exact) mass is 281 g/mol. The molecule has 1 amide bonds. The third-order valence-electron chi connectivity index (χ3n) is 4.01. The Morgan fingerprint density at radius 1 is 1.10 bits per heavy atom. The van der Waals surface area contributed by atoms with Crippen molar-refractivity contribution >= 4 is 11.6 Å². The van der Waals surface area contributed by atoms with Gasteiger partial charge in [0.15, 0.2) is 12.4 Å². The zero-order chi connectivity index (χ0) is 14.7. The topological polar surface area (TPSA) is 33.0 Å². The summed E-state index contributed by atoms with van der Waals surface area (Å²) in [6, 6.07) is 10.0. The molecule has 0 bridgehead atoms. The minimum absolute atomic E-state index is 0.0135. The summed E-state index contributed by atoms with van der Waals surface area (Å²) in [5.41, 5.74) is 4.88. The molecule has 21 heavy (non-hydrogen) atoms. The summed E-state index contributed by atoms with van der Waals surface area (Å²) in [5.74, 6) is 0.0135. The number of carbonyl (C=O) groups excluding carboxylic acids is 1. The van der Waals surface area contributed by atoms with Crippen LogP contribution in [0.15, 0.2) is 42.7 Å². The Morgan fingerprint density at radius 3 is 2.57 bits per heavy atom. The number of fused-ring (bicyclic) bond motifs is 1. The summed E-state index contributed by atoms with van der Waals surface area (Å²) in [4.78, 5) is 12.1. The second-order valence-corrected chi connectivity index (χ2v) is 5.79. The number of aromatic nitrogens is 1. The molecule has 108 valence electrons. The van der Waals surface area contributed by atoms with Gasteiger partial charge in [0, 0.05) is 17.3 Å². The maximum Gasteiger partial charge on any atom is 0.290 e. The van der Waals surface area contributed by atoms with Crippen molar-refractivity contribution in [3.63, 3.8) is 0 Å². The molecule has 2 aromatic rings. The Kier molecular flexibility index (Phi) is 4.00. The number of hydrogen-bond donors (Lipinski definition) is 1. The number of rotatable bonds is 3. The van der Waals surface area contributed by atoms with E-state index in [1.54, 1.807) is 0 Å². The minimum Gasteiger partial charge on any atom is -0.321 e. The first-order valence-electron chi connectivity index (χ1n) is 7.58. The zero-order valence-corrected chi connectivity index (χ0v) is 12.4. The van der Waals surface area contributed by atoms with Crippen LogP contribution in [0.25, 0.3) is 0 Å². The van der Waals surface area contributed by atoms with E-state index in [4.69, 9.17) is 0 Å². The molecule has 1 N–H and O–H groups in total. The largest absolute Gasteiger partial charge is 0.321 e. The fraction of sp³-hybridized carbons (Fsp3) is 0.333. The molecule has 3 rings (SSSR count). The molecule has 0 saturated carbocycles. The number of nitrogens with zero attached hydrogens (tertiary/aromatic N) is 1. The van der Waals surface area contributed by atoms with Crippen LogP contribution in [0.2, 0.25) is 0 Å². The lowest BCUT2D eigenvalue weighted by Gasteiger charge is -2.13. The summed E-state index contributed by atoms with van der Waals surface area (Å²) in [6.45, 7) is 2.40. The summed E-state index contributed by atoms with van der Waals surface area (Å²) < 4.78 is 1.98. The minimum atomic E-state index is 0.0135. The van der Waals surface area contributed by atoms with Gasteiger partial charge in [-0.05, 0) is 50.3 Å². The predicted molar refractivity (Wildman–Crippen MR) is 83.1 cm³/mol. The van der Waals surface area contributed by atoms with Crippen LogP contribution in [-0.4, -0.2) is 5.91 Å². The number of anilines is 1. The third-order valence-corrected chi connectivity index (χ3v) is 4.01. The summed E-state index contributed by atoms with van der Waals surface area (Å²) >= 11 is 0. The van der Waals surface area contributed by atoms with Crippen LogP contribution in [0.4, 0.5) is 5.69 Å². The lowest BCUT2D eigenvalue weighted by atomic mass is 9.93. The van der Waals surface area contributed by atoms with Crippen LogP contribution in [0, 0.1) is 6.92 Å². The van der Waals surface area contributed by atoms with Gasteiger partial charge in [0.2, 0.25) is 6.54 Å². The van der Waals surface area contributed by atoms with Crippen LogP contribution in [0.1, 0.15) is 29.5 Å². The molecular formula is C18H21N2O+.